The van der Waals surface area contributed by atoms with Crippen LogP contribution in [0.15, 0.2) is 23.2 Å². The number of benzene rings is 1. The van der Waals surface area contributed by atoms with Gasteiger partial charge in [0.25, 0.3) is 0 Å². The summed E-state index contributed by atoms with van der Waals surface area (Å²) in [5.41, 5.74) is 7.98. The van der Waals surface area contributed by atoms with Gasteiger partial charge in [0, 0.05) is 12.6 Å². The van der Waals surface area contributed by atoms with Gasteiger partial charge in [-0.1, -0.05) is 11.6 Å². The second-order valence-corrected chi connectivity index (χ2v) is 4.71. The lowest BCUT2D eigenvalue weighted by molar-refractivity contribution is 0.256. The molecule has 0 spiro atoms. The van der Waals surface area contributed by atoms with Crippen molar-refractivity contribution in [3.63, 3.8) is 0 Å². The predicted molar refractivity (Wildman–Crippen MR) is 69.3 cm³/mol. The Kier molecular flexibility index (Phi) is 2.73. The van der Waals surface area contributed by atoms with E-state index in [4.69, 9.17) is 10.5 Å². The van der Waals surface area contributed by atoms with Gasteiger partial charge in [-0.2, -0.15) is 0 Å². The van der Waals surface area contributed by atoms with Crippen LogP contribution in [0.3, 0.4) is 0 Å². The molecule has 0 bridgehead atoms. The maximum atomic E-state index is 5.86. The van der Waals surface area contributed by atoms with Crippen molar-refractivity contribution < 1.29 is 4.74 Å². The van der Waals surface area contributed by atoms with Gasteiger partial charge in [-0.25, -0.2) is 0 Å². The van der Waals surface area contributed by atoms with Crippen molar-refractivity contribution in [1.29, 1.82) is 0 Å². The number of methoxy groups -OCH3 is 1. The number of hydrogen-bond donors (Lipinski definition) is 1. The number of aliphatic imine (C=N–C) groups is 1. The Balaban J connectivity index is 2.50. The van der Waals surface area contributed by atoms with E-state index in [1.807, 2.05) is 24.1 Å². The topological polar surface area (TPSA) is 50.9 Å². The first-order chi connectivity index (χ1) is 7.99. The van der Waals surface area contributed by atoms with Gasteiger partial charge in [0.15, 0.2) is 5.96 Å². The number of guanidine groups is 1. The third kappa shape index (κ3) is 1.73. The van der Waals surface area contributed by atoms with Crippen molar-refractivity contribution >= 4 is 5.96 Å². The minimum atomic E-state index is -0.221. The number of ether oxygens (including phenoxy) is 1. The Morgan fingerprint density at radius 1 is 1.47 bits per heavy atom. The maximum absolute atomic E-state index is 5.86. The van der Waals surface area contributed by atoms with Crippen LogP contribution in [0.2, 0.25) is 0 Å². The van der Waals surface area contributed by atoms with Crippen LogP contribution >= 0.6 is 0 Å². The minimum absolute atomic E-state index is 0.221. The lowest BCUT2D eigenvalue weighted by Gasteiger charge is -2.34. The summed E-state index contributed by atoms with van der Waals surface area (Å²) in [6, 6.07) is 6.19. The molecule has 0 fully saturated rings. The highest BCUT2D eigenvalue weighted by Gasteiger charge is 2.39. The summed E-state index contributed by atoms with van der Waals surface area (Å²) in [5, 5.41) is 0. The standard InChI is InChI=1S/C13H19N3O/c1-9-5-6-11(17-4)10(7-9)13(2)8-15-12(14)16(13)3/h5-7H,8H2,1-4H3,(H2,14,15). The number of hydrogen-bond acceptors (Lipinski definition) is 4. The van der Waals surface area contributed by atoms with E-state index in [1.165, 1.54) is 5.56 Å². The molecule has 0 saturated heterocycles. The zero-order chi connectivity index (χ0) is 12.6. The van der Waals surface area contributed by atoms with Gasteiger partial charge in [0.2, 0.25) is 0 Å². The van der Waals surface area contributed by atoms with Crippen molar-refractivity contribution in [2.45, 2.75) is 19.4 Å². The second-order valence-electron chi connectivity index (χ2n) is 4.71. The van der Waals surface area contributed by atoms with E-state index in [-0.39, 0.29) is 5.54 Å². The summed E-state index contributed by atoms with van der Waals surface area (Å²) in [4.78, 5) is 6.32. The molecule has 92 valence electrons. The SMILES string of the molecule is COc1ccc(C)cc1C1(C)CN=C(N)N1C. The monoisotopic (exact) mass is 233 g/mol. The average molecular weight is 233 g/mol. The van der Waals surface area contributed by atoms with Crippen molar-refractivity contribution in [3.8, 4) is 5.75 Å². The fourth-order valence-corrected chi connectivity index (χ4v) is 2.21. The normalized spacial score (nSPS) is 23.8. The summed E-state index contributed by atoms with van der Waals surface area (Å²) in [5.74, 6) is 1.46. The molecule has 2 rings (SSSR count). The summed E-state index contributed by atoms with van der Waals surface area (Å²) in [6.45, 7) is 4.87. The molecule has 2 N–H and O–H groups in total. The number of aryl methyl sites for hydroxylation is 1. The number of nitrogens with zero attached hydrogens (tertiary/aromatic N) is 2. The summed E-state index contributed by atoms with van der Waals surface area (Å²) in [7, 11) is 3.66. The molecule has 1 atom stereocenters. The van der Waals surface area contributed by atoms with E-state index in [9.17, 15) is 0 Å². The molecule has 0 radical (unpaired) electrons. The third-order valence-corrected chi connectivity index (χ3v) is 3.57. The van der Waals surface area contributed by atoms with Crippen LogP contribution in [0.4, 0.5) is 0 Å². The first-order valence-electron chi connectivity index (χ1n) is 5.68. The fourth-order valence-electron chi connectivity index (χ4n) is 2.21. The summed E-state index contributed by atoms with van der Waals surface area (Å²) < 4.78 is 5.44. The summed E-state index contributed by atoms with van der Waals surface area (Å²) >= 11 is 0. The highest BCUT2D eigenvalue weighted by Crippen LogP contribution is 2.37. The van der Waals surface area contributed by atoms with Crippen molar-refractivity contribution in [2.75, 3.05) is 20.7 Å². The molecule has 17 heavy (non-hydrogen) atoms. The van der Waals surface area contributed by atoms with Gasteiger partial charge in [-0.05, 0) is 26.0 Å². The van der Waals surface area contributed by atoms with Gasteiger partial charge in [0.05, 0.1) is 19.2 Å². The van der Waals surface area contributed by atoms with Gasteiger partial charge in [-0.3, -0.25) is 4.99 Å². The zero-order valence-corrected chi connectivity index (χ0v) is 10.8. The molecular weight excluding hydrogens is 214 g/mol. The zero-order valence-electron chi connectivity index (χ0n) is 10.8. The van der Waals surface area contributed by atoms with Gasteiger partial charge < -0.3 is 15.4 Å². The van der Waals surface area contributed by atoms with Crippen molar-refractivity contribution in [3.05, 3.63) is 29.3 Å². The molecule has 0 amide bonds. The fraction of sp³-hybridized carbons (Fsp3) is 0.462. The maximum Gasteiger partial charge on any atom is 0.191 e. The van der Waals surface area contributed by atoms with E-state index in [0.29, 0.717) is 12.5 Å². The number of nitrogens with two attached hydrogens (primary N) is 1. The lowest BCUT2D eigenvalue weighted by atomic mass is 9.89. The van der Waals surface area contributed by atoms with Crippen LogP contribution in [0, 0.1) is 6.92 Å². The average Bonchev–Trinajstić information content (AvgIpc) is 2.58. The van der Waals surface area contributed by atoms with Crippen LogP contribution in [0.5, 0.6) is 5.75 Å². The van der Waals surface area contributed by atoms with E-state index >= 15 is 0 Å². The Bertz CT molecular complexity index is 470. The van der Waals surface area contributed by atoms with E-state index in [2.05, 4.69) is 24.9 Å². The molecule has 0 saturated carbocycles. The van der Waals surface area contributed by atoms with Crippen molar-refractivity contribution in [1.82, 2.24) is 4.90 Å². The Morgan fingerprint density at radius 2 is 2.18 bits per heavy atom. The third-order valence-electron chi connectivity index (χ3n) is 3.57. The highest BCUT2D eigenvalue weighted by atomic mass is 16.5. The molecule has 4 nitrogen and oxygen atoms in total. The number of rotatable bonds is 2. The predicted octanol–water partition coefficient (Wildman–Crippen LogP) is 1.48. The Hall–Kier alpha value is -1.71. The first-order valence-corrected chi connectivity index (χ1v) is 5.68. The van der Waals surface area contributed by atoms with Crippen LogP contribution in [-0.4, -0.2) is 31.6 Å². The van der Waals surface area contributed by atoms with E-state index < -0.39 is 0 Å². The Labute approximate surface area is 102 Å². The Morgan fingerprint density at radius 3 is 2.71 bits per heavy atom. The molecule has 1 unspecified atom stereocenters. The minimum Gasteiger partial charge on any atom is -0.496 e. The highest BCUT2D eigenvalue weighted by molar-refractivity contribution is 5.81. The molecule has 1 heterocycles. The molecule has 0 aromatic heterocycles. The molecule has 4 heteroatoms. The van der Waals surface area contributed by atoms with Gasteiger partial charge in [0.1, 0.15) is 5.75 Å². The van der Waals surface area contributed by atoms with E-state index in [0.717, 1.165) is 11.3 Å². The molecule has 1 aromatic rings. The van der Waals surface area contributed by atoms with E-state index in [1.54, 1.807) is 7.11 Å². The quantitative estimate of drug-likeness (QED) is 0.841. The van der Waals surface area contributed by atoms with Crippen molar-refractivity contribution in [2.24, 2.45) is 10.7 Å². The summed E-state index contributed by atoms with van der Waals surface area (Å²) in [6.07, 6.45) is 0. The molecule has 1 aliphatic heterocycles. The molecule has 0 aliphatic carbocycles. The van der Waals surface area contributed by atoms with Crippen LogP contribution in [-0.2, 0) is 5.54 Å². The number of likely N-dealkylation sites (N-methyl/N-ethyl adjacent to an activating group) is 1. The van der Waals surface area contributed by atoms with Crippen LogP contribution in [0.1, 0.15) is 18.1 Å². The lowest BCUT2D eigenvalue weighted by Crippen LogP contribution is -2.44. The largest absolute Gasteiger partial charge is 0.496 e. The van der Waals surface area contributed by atoms with Gasteiger partial charge in [-0.15, -0.1) is 0 Å². The molecule has 1 aromatic carbocycles. The van der Waals surface area contributed by atoms with Crippen LogP contribution < -0.4 is 10.5 Å². The molecule has 1 aliphatic rings. The van der Waals surface area contributed by atoms with Crippen LogP contribution in [0.25, 0.3) is 0 Å². The smallest absolute Gasteiger partial charge is 0.191 e. The second kappa shape index (κ2) is 3.95. The molecular formula is C13H19N3O. The first kappa shape index (κ1) is 11.8. The van der Waals surface area contributed by atoms with Gasteiger partial charge >= 0.3 is 0 Å².